The lowest BCUT2D eigenvalue weighted by Gasteiger charge is -2.19. The zero-order valence-corrected chi connectivity index (χ0v) is 11.5. The molecule has 0 amide bonds. The van der Waals surface area contributed by atoms with Crippen molar-refractivity contribution in [3.05, 3.63) is 21.9 Å². The Kier molecular flexibility index (Phi) is 4.53. The van der Waals surface area contributed by atoms with Gasteiger partial charge in [-0.25, -0.2) is 0 Å². The van der Waals surface area contributed by atoms with Crippen LogP contribution in [-0.2, 0) is 5.41 Å². The molecule has 16 heavy (non-hydrogen) atoms. The highest BCUT2D eigenvalue weighted by atomic mass is 32.1. The standard InChI is InChI=1S/C13H23NOS/c1-5-9(8-14)12(15)10-6-7-11(16-10)13(2,3)4/h6-7,9,12,15H,5,8,14H2,1-4H3. The summed E-state index contributed by atoms with van der Waals surface area (Å²) >= 11 is 1.70. The zero-order chi connectivity index (χ0) is 12.3. The Morgan fingerprint density at radius 2 is 2.00 bits per heavy atom. The number of aliphatic hydroxyl groups excluding tert-OH is 1. The van der Waals surface area contributed by atoms with E-state index in [1.807, 2.05) is 6.07 Å². The quantitative estimate of drug-likeness (QED) is 0.851. The van der Waals surface area contributed by atoms with Gasteiger partial charge in [0.1, 0.15) is 0 Å². The lowest BCUT2D eigenvalue weighted by molar-refractivity contribution is 0.113. The summed E-state index contributed by atoms with van der Waals surface area (Å²) in [6, 6.07) is 4.15. The molecule has 0 bridgehead atoms. The average Bonchev–Trinajstić information content (AvgIpc) is 2.67. The Hall–Kier alpha value is -0.380. The molecular formula is C13H23NOS. The molecule has 0 fully saturated rings. The summed E-state index contributed by atoms with van der Waals surface area (Å²) in [5, 5.41) is 10.2. The van der Waals surface area contributed by atoms with Gasteiger partial charge in [0.15, 0.2) is 0 Å². The Morgan fingerprint density at radius 1 is 1.38 bits per heavy atom. The van der Waals surface area contributed by atoms with Crippen molar-refractivity contribution in [2.75, 3.05) is 6.54 Å². The first kappa shape index (κ1) is 13.7. The van der Waals surface area contributed by atoms with Gasteiger partial charge in [-0.2, -0.15) is 0 Å². The summed E-state index contributed by atoms with van der Waals surface area (Å²) in [5.41, 5.74) is 5.82. The third-order valence-electron chi connectivity index (χ3n) is 2.93. The van der Waals surface area contributed by atoms with E-state index in [1.54, 1.807) is 11.3 Å². The van der Waals surface area contributed by atoms with Gasteiger partial charge >= 0.3 is 0 Å². The van der Waals surface area contributed by atoms with Gasteiger partial charge in [-0.05, 0) is 30.5 Å². The highest BCUT2D eigenvalue weighted by Gasteiger charge is 2.22. The van der Waals surface area contributed by atoms with Crippen molar-refractivity contribution in [1.82, 2.24) is 0 Å². The molecule has 0 saturated carbocycles. The molecule has 1 rings (SSSR count). The molecule has 0 aliphatic heterocycles. The lowest BCUT2D eigenvalue weighted by atomic mass is 9.94. The van der Waals surface area contributed by atoms with Crippen molar-refractivity contribution in [1.29, 1.82) is 0 Å². The molecule has 0 aromatic carbocycles. The summed E-state index contributed by atoms with van der Waals surface area (Å²) in [4.78, 5) is 2.36. The molecule has 1 aromatic rings. The van der Waals surface area contributed by atoms with Crippen LogP contribution < -0.4 is 5.73 Å². The number of hydrogen-bond donors (Lipinski definition) is 2. The first-order valence-corrected chi connectivity index (χ1v) is 6.70. The molecule has 0 saturated heterocycles. The van der Waals surface area contributed by atoms with Gasteiger partial charge in [0.25, 0.3) is 0 Å². The summed E-state index contributed by atoms with van der Waals surface area (Å²) < 4.78 is 0. The monoisotopic (exact) mass is 241 g/mol. The predicted octanol–water partition coefficient (Wildman–Crippen LogP) is 3.06. The molecular weight excluding hydrogens is 218 g/mol. The molecule has 0 spiro atoms. The van der Waals surface area contributed by atoms with Crippen molar-refractivity contribution in [2.45, 2.75) is 45.6 Å². The van der Waals surface area contributed by atoms with Crippen LogP contribution in [-0.4, -0.2) is 11.7 Å². The Morgan fingerprint density at radius 3 is 2.38 bits per heavy atom. The van der Waals surface area contributed by atoms with Crippen molar-refractivity contribution in [3.63, 3.8) is 0 Å². The Bertz CT molecular complexity index is 323. The number of aliphatic hydroxyl groups is 1. The van der Waals surface area contributed by atoms with Crippen LogP contribution in [0, 0.1) is 5.92 Å². The van der Waals surface area contributed by atoms with E-state index in [2.05, 4.69) is 33.8 Å². The van der Waals surface area contributed by atoms with Gasteiger partial charge in [0, 0.05) is 15.7 Å². The van der Waals surface area contributed by atoms with Crippen LogP contribution >= 0.6 is 11.3 Å². The van der Waals surface area contributed by atoms with Crippen LogP contribution in [0.1, 0.15) is 50.0 Å². The molecule has 0 aliphatic carbocycles. The highest BCUT2D eigenvalue weighted by molar-refractivity contribution is 7.12. The molecule has 3 heteroatoms. The molecule has 0 radical (unpaired) electrons. The number of thiophene rings is 1. The molecule has 0 aliphatic rings. The van der Waals surface area contributed by atoms with Gasteiger partial charge in [-0.3, -0.25) is 0 Å². The van der Waals surface area contributed by atoms with Gasteiger partial charge in [0.2, 0.25) is 0 Å². The Labute approximate surface area is 102 Å². The zero-order valence-electron chi connectivity index (χ0n) is 10.7. The number of hydrogen-bond acceptors (Lipinski definition) is 3. The molecule has 2 atom stereocenters. The first-order chi connectivity index (χ1) is 7.40. The van der Waals surface area contributed by atoms with E-state index in [9.17, 15) is 5.11 Å². The normalized spacial score (nSPS) is 16.1. The van der Waals surface area contributed by atoms with Crippen LogP contribution in [0.15, 0.2) is 12.1 Å². The van der Waals surface area contributed by atoms with E-state index >= 15 is 0 Å². The van der Waals surface area contributed by atoms with Crippen LogP contribution in [0.3, 0.4) is 0 Å². The number of nitrogens with two attached hydrogens (primary N) is 1. The fourth-order valence-corrected chi connectivity index (χ4v) is 2.81. The van der Waals surface area contributed by atoms with Gasteiger partial charge < -0.3 is 10.8 Å². The van der Waals surface area contributed by atoms with Gasteiger partial charge in [-0.1, -0.05) is 27.7 Å². The highest BCUT2D eigenvalue weighted by Crippen LogP contribution is 2.35. The fourth-order valence-electron chi connectivity index (χ4n) is 1.67. The average molecular weight is 241 g/mol. The van der Waals surface area contributed by atoms with E-state index in [-0.39, 0.29) is 11.3 Å². The largest absolute Gasteiger partial charge is 0.387 e. The molecule has 1 aromatic heterocycles. The van der Waals surface area contributed by atoms with E-state index in [1.165, 1.54) is 4.88 Å². The molecule has 92 valence electrons. The van der Waals surface area contributed by atoms with E-state index in [0.717, 1.165) is 11.3 Å². The van der Waals surface area contributed by atoms with E-state index in [4.69, 9.17) is 5.73 Å². The van der Waals surface area contributed by atoms with E-state index < -0.39 is 6.10 Å². The minimum absolute atomic E-state index is 0.160. The van der Waals surface area contributed by atoms with E-state index in [0.29, 0.717) is 6.54 Å². The Balaban J connectivity index is 2.85. The molecule has 1 heterocycles. The van der Waals surface area contributed by atoms with Crippen LogP contribution in [0.2, 0.25) is 0 Å². The maximum atomic E-state index is 10.2. The molecule has 2 nitrogen and oxygen atoms in total. The minimum atomic E-state index is -0.406. The van der Waals surface area contributed by atoms with Crippen molar-refractivity contribution in [3.8, 4) is 0 Å². The van der Waals surface area contributed by atoms with Crippen LogP contribution in [0.5, 0.6) is 0 Å². The maximum absolute atomic E-state index is 10.2. The summed E-state index contributed by atoms with van der Waals surface area (Å²) in [5.74, 6) is 0.173. The van der Waals surface area contributed by atoms with Crippen LogP contribution in [0.4, 0.5) is 0 Å². The predicted molar refractivity (Wildman–Crippen MR) is 70.8 cm³/mol. The fraction of sp³-hybridized carbons (Fsp3) is 0.692. The minimum Gasteiger partial charge on any atom is -0.387 e. The molecule has 2 unspecified atom stereocenters. The maximum Gasteiger partial charge on any atom is 0.0922 e. The lowest BCUT2D eigenvalue weighted by Crippen LogP contribution is -2.20. The summed E-state index contributed by atoms with van der Waals surface area (Å²) in [6.45, 7) is 9.18. The second-order valence-corrected chi connectivity index (χ2v) is 6.42. The second-order valence-electron chi connectivity index (χ2n) is 5.30. The third kappa shape index (κ3) is 3.06. The third-order valence-corrected chi connectivity index (χ3v) is 4.51. The summed E-state index contributed by atoms with van der Waals surface area (Å²) in [7, 11) is 0. The first-order valence-electron chi connectivity index (χ1n) is 5.88. The number of rotatable bonds is 4. The smallest absolute Gasteiger partial charge is 0.0922 e. The topological polar surface area (TPSA) is 46.2 Å². The second kappa shape index (κ2) is 5.30. The van der Waals surface area contributed by atoms with Crippen LogP contribution in [0.25, 0.3) is 0 Å². The summed E-state index contributed by atoms with van der Waals surface area (Å²) in [6.07, 6.45) is 0.511. The molecule has 3 N–H and O–H groups in total. The van der Waals surface area contributed by atoms with Crippen molar-refractivity contribution < 1.29 is 5.11 Å². The van der Waals surface area contributed by atoms with Crippen molar-refractivity contribution >= 4 is 11.3 Å². The van der Waals surface area contributed by atoms with Crippen molar-refractivity contribution in [2.24, 2.45) is 11.7 Å². The van der Waals surface area contributed by atoms with Gasteiger partial charge in [0.05, 0.1) is 6.10 Å². The SMILES string of the molecule is CCC(CN)C(O)c1ccc(C(C)(C)C)s1. The van der Waals surface area contributed by atoms with Gasteiger partial charge in [-0.15, -0.1) is 11.3 Å².